The van der Waals surface area contributed by atoms with E-state index < -0.39 is 5.91 Å². The molecule has 0 bridgehead atoms. The number of carbonyl (C=O) groups is 1. The summed E-state index contributed by atoms with van der Waals surface area (Å²) in [4.78, 5) is 11.5. The van der Waals surface area contributed by atoms with Gasteiger partial charge in [-0.15, -0.1) is 0 Å². The molecule has 0 spiro atoms. The molecule has 0 aliphatic carbocycles. The summed E-state index contributed by atoms with van der Waals surface area (Å²) < 4.78 is 5.86. The largest absolute Gasteiger partial charge is 0.495 e. The van der Waals surface area contributed by atoms with Crippen LogP contribution in [0.15, 0.2) is 40.9 Å². The molecule has 0 aromatic heterocycles. The zero-order valence-electron chi connectivity index (χ0n) is 10.1. The van der Waals surface area contributed by atoms with Crippen molar-refractivity contribution in [2.45, 2.75) is 0 Å². The Morgan fingerprint density at radius 3 is 2.37 bits per heavy atom. The van der Waals surface area contributed by atoms with Gasteiger partial charge < -0.3 is 10.5 Å². The number of rotatable bonds is 3. The zero-order chi connectivity index (χ0) is 14.0. The van der Waals surface area contributed by atoms with Gasteiger partial charge in [0.25, 0.3) is 5.91 Å². The second kappa shape index (κ2) is 5.63. The molecule has 98 valence electrons. The highest BCUT2D eigenvalue weighted by molar-refractivity contribution is 9.10. The molecule has 2 rings (SSSR count). The van der Waals surface area contributed by atoms with Crippen LogP contribution in [0.1, 0.15) is 10.4 Å². The minimum Gasteiger partial charge on any atom is -0.495 e. The summed E-state index contributed by atoms with van der Waals surface area (Å²) >= 11 is 9.24. The molecule has 0 aliphatic rings. The summed E-state index contributed by atoms with van der Waals surface area (Å²) in [7, 11) is 1.49. The lowest BCUT2D eigenvalue weighted by Crippen LogP contribution is -2.13. The summed E-state index contributed by atoms with van der Waals surface area (Å²) in [5, 5.41) is 0.659. The van der Waals surface area contributed by atoms with Crippen LogP contribution in [0.5, 0.6) is 5.75 Å². The van der Waals surface area contributed by atoms with E-state index in [9.17, 15) is 4.79 Å². The first kappa shape index (κ1) is 13.9. The van der Waals surface area contributed by atoms with Gasteiger partial charge in [0.15, 0.2) is 0 Å². The van der Waals surface area contributed by atoms with Crippen molar-refractivity contribution in [1.29, 1.82) is 0 Å². The third-order valence-electron chi connectivity index (χ3n) is 2.69. The Hall–Kier alpha value is -1.52. The van der Waals surface area contributed by atoms with E-state index in [2.05, 4.69) is 15.9 Å². The maximum atomic E-state index is 11.5. The summed E-state index contributed by atoms with van der Waals surface area (Å²) in [5.41, 5.74) is 7.50. The summed E-state index contributed by atoms with van der Waals surface area (Å²) in [6.45, 7) is 0. The van der Waals surface area contributed by atoms with Crippen LogP contribution in [0.25, 0.3) is 11.1 Å². The maximum absolute atomic E-state index is 11.5. The van der Waals surface area contributed by atoms with Crippen LogP contribution in [0.3, 0.4) is 0 Å². The number of primary amides is 1. The Morgan fingerprint density at radius 1 is 1.21 bits per heavy atom. The highest BCUT2D eigenvalue weighted by Crippen LogP contribution is 2.34. The van der Waals surface area contributed by atoms with Crippen molar-refractivity contribution < 1.29 is 9.53 Å². The smallest absolute Gasteiger partial charge is 0.252 e. The first-order chi connectivity index (χ1) is 9.02. The molecular formula is C14H11BrClNO2. The molecule has 0 unspecified atom stereocenters. The number of halogens is 2. The van der Waals surface area contributed by atoms with Gasteiger partial charge in [0, 0.05) is 5.02 Å². The molecule has 0 saturated heterocycles. The number of benzene rings is 2. The van der Waals surface area contributed by atoms with Crippen molar-refractivity contribution in [3.63, 3.8) is 0 Å². The normalized spacial score (nSPS) is 10.3. The second-order valence-corrected chi connectivity index (χ2v) is 5.20. The highest BCUT2D eigenvalue weighted by atomic mass is 79.9. The molecule has 2 N–H and O–H groups in total. The minimum absolute atomic E-state index is 0.335. The lowest BCUT2D eigenvalue weighted by Gasteiger charge is -2.11. The van der Waals surface area contributed by atoms with Crippen molar-refractivity contribution in [1.82, 2.24) is 0 Å². The van der Waals surface area contributed by atoms with Gasteiger partial charge in [0.05, 0.1) is 17.1 Å². The number of nitrogens with two attached hydrogens (primary N) is 1. The van der Waals surface area contributed by atoms with Gasteiger partial charge in [-0.1, -0.05) is 23.7 Å². The number of amides is 1. The lowest BCUT2D eigenvalue weighted by molar-refractivity contribution is 0.0997. The van der Waals surface area contributed by atoms with Crippen LogP contribution >= 0.6 is 27.5 Å². The number of ether oxygens (including phenoxy) is 1. The molecule has 5 heteroatoms. The fourth-order valence-electron chi connectivity index (χ4n) is 1.79. The Morgan fingerprint density at radius 2 is 1.84 bits per heavy atom. The third kappa shape index (κ3) is 2.91. The van der Waals surface area contributed by atoms with Crippen molar-refractivity contribution in [2.24, 2.45) is 5.73 Å². The Balaban J connectivity index is 2.59. The van der Waals surface area contributed by atoms with E-state index in [-0.39, 0.29) is 0 Å². The fraction of sp³-hybridized carbons (Fsp3) is 0.0714. The Labute approximate surface area is 124 Å². The van der Waals surface area contributed by atoms with Crippen LogP contribution in [0, 0.1) is 0 Å². The molecule has 0 atom stereocenters. The number of carbonyl (C=O) groups excluding carboxylic acids is 1. The van der Waals surface area contributed by atoms with E-state index in [0.29, 0.717) is 20.8 Å². The fourth-order valence-corrected chi connectivity index (χ4v) is 2.54. The summed E-state index contributed by atoms with van der Waals surface area (Å²) in [6, 6.07) is 10.9. The number of hydrogen-bond donors (Lipinski definition) is 1. The first-order valence-electron chi connectivity index (χ1n) is 5.46. The van der Waals surface area contributed by atoms with E-state index in [0.717, 1.165) is 11.1 Å². The van der Waals surface area contributed by atoms with Crippen LogP contribution in [0.2, 0.25) is 5.02 Å². The molecule has 2 aromatic rings. The van der Waals surface area contributed by atoms with Gasteiger partial charge in [-0.05, 0) is 51.3 Å². The first-order valence-corrected chi connectivity index (χ1v) is 6.63. The minimum atomic E-state index is -0.534. The van der Waals surface area contributed by atoms with E-state index in [1.807, 2.05) is 18.2 Å². The average Bonchev–Trinajstić information content (AvgIpc) is 2.38. The van der Waals surface area contributed by atoms with Gasteiger partial charge in [-0.3, -0.25) is 4.79 Å². The number of hydrogen-bond acceptors (Lipinski definition) is 2. The SMILES string of the molecule is COc1c(Br)cc(-c2ccc(Cl)cc2)cc1C(N)=O. The molecule has 0 radical (unpaired) electrons. The quantitative estimate of drug-likeness (QED) is 0.922. The predicted molar refractivity (Wildman–Crippen MR) is 79.7 cm³/mol. The van der Waals surface area contributed by atoms with Crippen molar-refractivity contribution >= 4 is 33.4 Å². The van der Waals surface area contributed by atoms with E-state index in [1.165, 1.54) is 7.11 Å². The van der Waals surface area contributed by atoms with Crippen LogP contribution in [-0.2, 0) is 0 Å². The number of methoxy groups -OCH3 is 1. The highest BCUT2D eigenvalue weighted by Gasteiger charge is 2.15. The predicted octanol–water partition coefficient (Wildman–Crippen LogP) is 3.88. The molecule has 0 aliphatic heterocycles. The van der Waals surface area contributed by atoms with Gasteiger partial charge >= 0.3 is 0 Å². The van der Waals surface area contributed by atoms with Crippen LogP contribution in [-0.4, -0.2) is 13.0 Å². The Kier molecular flexibility index (Phi) is 4.12. The van der Waals surface area contributed by atoms with E-state index in [1.54, 1.807) is 18.2 Å². The standard InChI is InChI=1S/C14H11BrClNO2/c1-19-13-11(14(17)18)6-9(7-12(13)15)8-2-4-10(16)5-3-8/h2-7H,1H3,(H2,17,18). The van der Waals surface area contributed by atoms with E-state index >= 15 is 0 Å². The Bertz CT molecular complexity index is 626. The van der Waals surface area contributed by atoms with Crippen LogP contribution < -0.4 is 10.5 Å². The summed E-state index contributed by atoms with van der Waals surface area (Å²) in [5.74, 6) is -0.0985. The average molecular weight is 341 g/mol. The third-order valence-corrected chi connectivity index (χ3v) is 3.53. The molecule has 2 aromatic carbocycles. The molecule has 0 saturated carbocycles. The van der Waals surface area contributed by atoms with Crippen LogP contribution in [0.4, 0.5) is 0 Å². The summed E-state index contributed by atoms with van der Waals surface area (Å²) in [6.07, 6.45) is 0. The van der Waals surface area contributed by atoms with Gasteiger partial charge in [0.1, 0.15) is 5.75 Å². The monoisotopic (exact) mass is 339 g/mol. The molecule has 0 heterocycles. The van der Waals surface area contributed by atoms with Gasteiger partial charge in [-0.25, -0.2) is 0 Å². The topological polar surface area (TPSA) is 52.3 Å². The second-order valence-electron chi connectivity index (χ2n) is 3.91. The molecule has 19 heavy (non-hydrogen) atoms. The molecule has 1 amide bonds. The molecule has 3 nitrogen and oxygen atoms in total. The molecule has 0 fully saturated rings. The van der Waals surface area contributed by atoms with Gasteiger partial charge in [0.2, 0.25) is 0 Å². The van der Waals surface area contributed by atoms with Gasteiger partial charge in [-0.2, -0.15) is 0 Å². The lowest BCUT2D eigenvalue weighted by atomic mass is 10.0. The van der Waals surface area contributed by atoms with Crippen molar-refractivity contribution in [3.05, 3.63) is 51.5 Å². The van der Waals surface area contributed by atoms with Crippen molar-refractivity contribution in [3.8, 4) is 16.9 Å². The molecular weight excluding hydrogens is 330 g/mol. The zero-order valence-corrected chi connectivity index (χ0v) is 12.5. The van der Waals surface area contributed by atoms with Crippen molar-refractivity contribution in [2.75, 3.05) is 7.11 Å². The maximum Gasteiger partial charge on any atom is 0.252 e. The van der Waals surface area contributed by atoms with E-state index in [4.69, 9.17) is 22.1 Å².